The van der Waals surface area contributed by atoms with E-state index in [9.17, 15) is 29.7 Å². The number of piperidine rings is 1. The largest absolute Gasteiger partial charge is 0.506 e. The number of phenols is 1. The summed E-state index contributed by atoms with van der Waals surface area (Å²) in [5.41, 5.74) is 2.47. The van der Waals surface area contributed by atoms with Gasteiger partial charge < -0.3 is 35.7 Å². The van der Waals surface area contributed by atoms with Gasteiger partial charge in [0.2, 0.25) is 11.2 Å². The second kappa shape index (κ2) is 20.2. The Morgan fingerprint density at radius 2 is 1.59 bits per heavy atom. The van der Waals surface area contributed by atoms with Crippen molar-refractivity contribution in [1.82, 2.24) is 20.5 Å². The van der Waals surface area contributed by atoms with Crippen LogP contribution in [0.2, 0.25) is 5.02 Å². The molecule has 0 radical (unpaired) electrons. The van der Waals surface area contributed by atoms with E-state index in [1.54, 1.807) is 60.7 Å². The number of rotatable bonds is 16. The van der Waals surface area contributed by atoms with Gasteiger partial charge in [0.15, 0.2) is 0 Å². The third-order valence-electron chi connectivity index (χ3n) is 11.8. The zero-order valence-electron chi connectivity index (χ0n) is 35.0. The Kier molecular flexibility index (Phi) is 14.0. The first kappa shape index (κ1) is 44.5. The highest BCUT2D eigenvalue weighted by Gasteiger charge is 2.42. The Bertz CT molecular complexity index is 2790. The number of pyridine rings is 1. The van der Waals surface area contributed by atoms with Crippen molar-refractivity contribution in [3.63, 3.8) is 0 Å². The summed E-state index contributed by atoms with van der Waals surface area (Å²) in [7, 11) is 0. The van der Waals surface area contributed by atoms with Gasteiger partial charge in [0.1, 0.15) is 5.75 Å². The average molecular weight is 897 g/mol. The molecule has 3 heterocycles. The number of aliphatic hydroxyl groups is 2. The molecule has 2 aromatic heterocycles. The zero-order chi connectivity index (χ0) is 44.6. The van der Waals surface area contributed by atoms with Crippen LogP contribution in [0.25, 0.3) is 21.3 Å². The van der Waals surface area contributed by atoms with Crippen molar-refractivity contribution in [2.75, 3.05) is 26.2 Å². The lowest BCUT2D eigenvalue weighted by Crippen LogP contribution is -2.40. The van der Waals surface area contributed by atoms with Gasteiger partial charge in [-0.05, 0) is 102 Å². The number of esters is 1. The molecule has 13 heteroatoms. The molecule has 0 bridgehead atoms. The molecule has 64 heavy (non-hydrogen) atoms. The number of ether oxygens (including phenoxy) is 1. The van der Waals surface area contributed by atoms with Crippen molar-refractivity contribution < 1.29 is 29.6 Å². The average Bonchev–Trinajstić information content (AvgIpc) is 3.80. The zero-order valence-corrected chi connectivity index (χ0v) is 36.6. The molecule has 0 spiro atoms. The topological polar surface area (TPSA) is 164 Å². The van der Waals surface area contributed by atoms with E-state index < -0.39 is 17.7 Å². The number of fused-ring (bicyclic) bond motifs is 1. The third kappa shape index (κ3) is 10.3. The SMILES string of the molecule is O=C(NCc1ccc(-c2cccc(C(O)(C(=O)OCC3CCN(Cc4ccccc4)CC3)c3ccccc3)c2)s1)c1ccc(CNCC(O)c2ccc(O)c3[nH]c(=O)ccc23)cc1Cl. The molecule has 11 nitrogen and oxygen atoms in total. The summed E-state index contributed by atoms with van der Waals surface area (Å²) in [5, 5.41) is 40.4. The molecule has 328 valence electrons. The van der Waals surface area contributed by atoms with Gasteiger partial charge in [-0.1, -0.05) is 103 Å². The highest BCUT2D eigenvalue weighted by atomic mass is 35.5. The molecule has 2 atom stereocenters. The number of H-pyrrole nitrogens is 1. The number of aromatic nitrogens is 1. The number of phenolic OH excluding ortho intramolecular Hbond substituents is 1. The number of aromatic amines is 1. The van der Waals surface area contributed by atoms with Crippen LogP contribution in [0.4, 0.5) is 0 Å². The van der Waals surface area contributed by atoms with Gasteiger partial charge in [-0.25, -0.2) is 4.79 Å². The molecule has 0 aliphatic carbocycles. The molecule has 2 unspecified atom stereocenters. The number of thiophene rings is 1. The molecule has 1 aliphatic rings. The van der Waals surface area contributed by atoms with Crippen LogP contribution < -0.4 is 16.2 Å². The maximum Gasteiger partial charge on any atom is 0.347 e. The van der Waals surface area contributed by atoms with E-state index in [1.165, 1.54) is 29.0 Å². The van der Waals surface area contributed by atoms with Crippen LogP contribution in [0.1, 0.15) is 62.0 Å². The van der Waals surface area contributed by atoms with Gasteiger partial charge in [0, 0.05) is 46.4 Å². The number of likely N-dealkylation sites (tertiary alicyclic amines) is 1. The summed E-state index contributed by atoms with van der Waals surface area (Å²) >= 11 is 8.07. The van der Waals surface area contributed by atoms with Crippen molar-refractivity contribution in [3.05, 3.63) is 193 Å². The van der Waals surface area contributed by atoms with E-state index in [1.807, 2.05) is 42.5 Å². The molecular formula is C51H49ClN4O7S. The second-order valence-electron chi connectivity index (χ2n) is 16.2. The number of nitrogens with one attached hydrogen (secondary N) is 3. The number of hydrogen-bond acceptors (Lipinski definition) is 10. The van der Waals surface area contributed by atoms with Crippen LogP contribution in [0, 0.1) is 5.92 Å². The normalized spacial score (nSPS) is 14.8. The Labute approximate surface area is 380 Å². The van der Waals surface area contributed by atoms with Gasteiger partial charge in [0.05, 0.1) is 35.4 Å². The molecule has 1 amide bonds. The summed E-state index contributed by atoms with van der Waals surface area (Å²) in [6.07, 6.45) is 0.882. The first-order chi connectivity index (χ1) is 31.0. The van der Waals surface area contributed by atoms with Gasteiger partial charge in [-0.15, -0.1) is 11.3 Å². The number of carbonyl (C=O) groups excluding carboxylic acids is 2. The second-order valence-corrected chi connectivity index (χ2v) is 17.7. The minimum Gasteiger partial charge on any atom is -0.506 e. The molecular weight excluding hydrogens is 848 g/mol. The summed E-state index contributed by atoms with van der Waals surface area (Å²) in [4.78, 5) is 45.8. The number of aliphatic hydroxyl groups excluding tert-OH is 1. The Morgan fingerprint density at radius 3 is 2.36 bits per heavy atom. The van der Waals surface area contributed by atoms with Crippen LogP contribution in [0.15, 0.2) is 144 Å². The van der Waals surface area contributed by atoms with E-state index in [4.69, 9.17) is 16.3 Å². The van der Waals surface area contributed by atoms with Crippen LogP contribution >= 0.6 is 22.9 Å². The van der Waals surface area contributed by atoms with Crippen LogP contribution in [0.3, 0.4) is 0 Å². The van der Waals surface area contributed by atoms with E-state index in [2.05, 4.69) is 44.8 Å². The van der Waals surface area contributed by atoms with E-state index in [0.717, 1.165) is 53.4 Å². The molecule has 8 rings (SSSR count). The van der Waals surface area contributed by atoms with Gasteiger partial charge in [0.25, 0.3) is 5.91 Å². The van der Waals surface area contributed by atoms with Crippen molar-refractivity contribution in [2.45, 2.75) is 44.2 Å². The fourth-order valence-electron chi connectivity index (χ4n) is 8.19. The number of carbonyl (C=O) groups is 2. The first-order valence-electron chi connectivity index (χ1n) is 21.3. The summed E-state index contributed by atoms with van der Waals surface area (Å²) in [6.45, 7) is 3.76. The lowest BCUT2D eigenvalue weighted by Gasteiger charge is -2.33. The van der Waals surface area contributed by atoms with E-state index in [0.29, 0.717) is 34.2 Å². The lowest BCUT2D eigenvalue weighted by molar-refractivity contribution is -0.164. The number of hydrogen-bond donors (Lipinski definition) is 6. The summed E-state index contributed by atoms with van der Waals surface area (Å²) in [6, 6.07) is 41.6. The van der Waals surface area contributed by atoms with Gasteiger partial charge in [-0.2, -0.15) is 0 Å². The fraction of sp³-hybridized carbons (Fsp3) is 0.235. The molecule has 7 aromatic rings. The molecule has 1 fully saturated rings. The summed E-state index contributed by atoms with van der Waals surface area (Å²) < 4.78 is 5.94. The van der Waals surface area contributed by atoms with Gasteiger partial charge in [-0.3, -0.25) is 14.5 Å². The predicted octanol–water partition coefficient (Wildman–Crippen LogP) is 8.06. The maximum atomic E-state index is 14.0. The third-order valence-corrected chi connectivity index (χ3v) is 13.2. The van der Waals surface area contributed by atoms with Crippen molar-refractivity contribution in [2.24, 2.45) is 5.92 Å². The molecule has 5 aromatic carbocycles. The summed E-state index contributed by atoms with van der Waals surface area (Å²) in [5.74, 6) is -0.921. The molecule has 6 N–H and O–H groups in total. The minimum atomic E-state index is -2.03. The smallest absolute Gasteiger partial charge is 0.347 e. The Balaban J connectivity index is 0.862. The Morgan fingerprint density at radius 1 is 0.844 bits per heavy atom. The van der Waals surface area contributed by atoms with Crippen molar-refractivity contribution >= 4 is 45.7 Å². The number of nitrogens with zero attached hydrogens (tertiary/aromatic N) is 1. The number of halogens is 1. The van der Waals surface area contributed by atoms with Gasteiger partial charge >= 0.3 is 5.97 Å². The van der Waals surface area contributed by atoms with Crippen LogP contribution in [-0.2, 0) is 34.8 Å². The standard InChI is InChI=1S/C51H49ClN4O7S/c52-43-26-35(28-53-30-45(58)40-17-19-44(57)48-41(40)18-21-47(59)55-48)14-16-42(43)49(60)54-29-39-15-20-46(64-39)36-10-7-13-38(27-36)51(62,37-11-5-2-6-12-37)50(61)63-32-34-22-24-56(25-23-34)31-33-8-3-1-4-9-33/h1-21,26-27,34,45,53,57-58,62H,22-25,28-32H2,(H,54,60)(H,55,59). The number of benzene rings is 5. The van der Waals surface area contributed by atoms with Crippen molar-refractivity contribution in [1.29, 1.82) is 0 Å². The molecule has 1 aliphatic heterocycles. The van der Waals surface area contributed by atoms with Crippen LogP contribution in [-0.4, -0.2) is 63.3 Å². The molecule has 0 saturated carbocycles. The van der Waals surface area contributed by atoms with E-state index in [-0.39, 0.29) is 53.4 Å². The van der Waals surface area contributed by atoms with Crippen LogP contribution in [0.5, 0.6) is 5.75 Å². The predicted molar refractivity (Wildman–Crippen MR) is 250 cm³/mol. The lowest BCUT2D eigenvalue weighted by atomic mass is 9.85. The number of amides is 1. The highest BCUT2D eigenvalue weighted by Crippen LogP contribution is 2.36. The quantitative estimate of drug-likeness (QED) is 0.0527. The monoisotopic (exact) mass is 896 g/mol. The Hall–Kier alpha value is -6.12. The number of aromatic hydroxyl groups is 1. The van der Waals surface area contributed by atoms with E-state index >= 15 is 0 Å². The maximum absolute atomic E-state index is 14.0. The van der Waals surface area contributed by atoms with Crippen molar-refractivity contribution in [3.8, 4) is 16.2 Å². The highest BCUT2D eigenvalue weighted by molar-refractivity contribution is 7.15. The first-order valence-corrected chi connectivity index (χ1v) is 22.5. The fourth-order valence-corrected chi connectivity index (χ4v) is 9.42. The minimum absolute atomic E-state index is 0.0795. The molecule has 1 saturated heterocycles.